The van der Waals surface area contributed by atoms with Crippen LogP contribution >= 0.6 is 11.3 Å². The first kappa shape index (κ1) is 17.9. The molecular weight excluding hydrogens is 334 g/mol. The van der Waals surface area contributed by atoms with Crippen molar-refractivity contribution in [1.29, 1.82) is 0 Å². The van der Waals surface area contributed by atoms with E-state index in [1.165, 1.54) is 17.8 Å². The Kier molecular flexibility index (Phi) is 6.04. The summed E-state index contributed by atoms with van der Waals surface area (Å²) in [6.45, 7) is 5.48. The second-order valence-corrected chi connectivity index (χ2v) is 7.21. The van der Waals surface area contributed by atoms with E-state index in [0.29, 0.717) is 5.69 Å². The van der Waals surface area contributed by atoms with Crippen molar-refractivity contribution in [2.45, 2.75) is 32.2 Å². The molecule has 1 aliphatic heterocycles. The van der Waals surface area contributed by atoms with Gasteiger partial charge in [0.1, 0.15) is 16.5 Å². The van der Waals surface area contributed by atoms with Crippen LogP contribution in [0.5, 0.6) is 5.75 Å². The predicted octanol–water partition coefficient (Wildman–Crippen LogP) is 3.42. The van der Waals surface area contributed by atoms with E-state index in [4.69, 9.17) is 4.74 Å². The third kappa shape index (κ3) is 4.58. The lowest BCUT2D eigenvalue weighted by molar-refractivity contribution is 0.0907. The number of thiazole rings is 1. The van der Waals surface area contributed by atoms with Crippen LogP contribution in [0.2, 0.25) is 0 Å². The molecule has 0 unspecified atom stereocenters. The highest BCUT2D eigenvalue weighted by Gasteiger charge is 2.21. The maximum atomic E-state index is 12.5. The summed E-state index contributed by atoms with van der Waals surface area (Å²) < 4.78 is 5.17. The number of methoxy groups -OCH3 is 1. The predicted molar refractivity (Wildman–Crippen MR) is 101 cm³/mol. The van der Waals surface area contributed by atoms with Gasteiger partial charge in [0.15, 0.2) is 0 Å². The van der Waals surface area contributed by atoms with Crippen molar-refractivity contribution in [2.24, 2.45) is 0 Å². The Morgan fingerprint density at radius 1 is 1.32 bits per heavy atom. The van der Waals surface area contributed by atoms with E-state index >= 15 is 0 Å². The molecule has 0 spiro atoms. The van der Waals surface area contributed by atoms with Crippen molar-refractivity contribution >= 4 is 17.2 Å². The first-order valence-corrected chi connectivity index (χ1v) is 9.70. The molecule has 1 amide bonds. The third-order valence-electron chi connectivity index (χ3n) is 4.54. The lowest BCUT2D eigenvalue weighted by Gasteiger charge is -2.31. The molecule has 2 aromatic rings. The summed E-state index contributed by atoms with van der Waals surface area (Å²) in [6.07, 6.45) is 3.21. The summed E-state index contributed by atoms with van der Waals surface area (Å²) in [6, 6.07) is 7.99. The zero-order chi connectivity index (χ0) is 17.6. The minimum Gasteiger partial charge on any atom is -0.497 e. The summed E-state index contributed by atoms with van der Waals surface area (Å²) >= 11 is 1.49. The fourth-order valence-electron chi connectivity index (χ4n) is 3.12. The molecule has 0 bridgehead atoms. The molecule has 5 nitrogen and oxygen atoms in total. The van der Waals surface area contributed by atoms with Crippen LogP contribution < -0.4 is 10.1 Å². The lowest BCUT2D eigenvalue weighted by Crippen LogP contribution is -2.44. The van der Waals surface area contributed by atoms with Gasteiger partial charge in [-0.2, -0.15) is 0 Å². The first-order chi connectivity index (χ1) is 12.2. The van der Waals surface area contributed by atoms with Gasteiger partial charge in [-0.15, -0.1) is 11.3 Å². The van der Waals surface area contributed by atoms with Gasteiger partial charge in [-0.3, -0.25) is 4.79 Å². The number of nitrogens with one attached hydrogen (secondary N) is 1. The van der Waals surface area contributed by atoms with Crippen molar-refractivity contribution in [3.63, 3.8) is 0 Å². The molecular formula is C19H25N3O2S. The number of piperidine rings is 1. The number of hydrogen-bond acceptors (Lipinski definition) is 5. The largest absolute Gasteiger partial charge is 0.497 e. The Morgan fingerprint density at radius 2 is 2.04 bits per heavy atom. The summed E-state index contributed by atoms with van der Waals surface area (Å²) in [5.74, 6) is 0.748. The average Bonchev–Trinajstić information content (AvgIpc) is 3.14. The summed E-state index contributed by atoms with van der Waals surface area (Å²) in [5.41, 5.74) is 1.50. The van der Waals surface area contributed by atoms with Gasteiger partial charge in [-0.05, 0) is 50.1 Å². The van der Waals surface area contributed by atoms with Crippen LogP contribution in [-0.4, -0.2) is 48.6 Å². The highest BCUT2D eigenvalue weighted by Crippen LogP contribution is 2.25. The minimum atomic E-state index is -0.0649. The Hall–Kier alpha value is -1.92. The van der Waals surface area contributed by atoms with Crippen LogP contribution in [0, 0.1) is 0 Å². The van der Waals surface area contributed by atoms with Gasteiger partial charge in [0.05, 0.1) is 7.11 Å². The number of carbonyl (C=O) groups is 1. The van der Waals surface area contributed by atoms with Crippen LogP contribution in [0.4, 0.5) is 0 Å². The number of aromatic nitrogens is 1. The summed E-state index contributed by atoms with van der Waals surface area (Å²) in [4.78, 5) is 19.4. The monoisotopic (exact) mass is 359 g/mol. The molecule has 0 atom stereocenters. The molecule has 0 radical (unpaired) electrons. The van der Waals surface area contributed by atoms with Crippen molar-refractivity contribution < 1.29 is 9.53 Å². The zero-order valence-corrected chi connectivity index (χ0v) is 15.6. The Labute approximate surface area is 153 Å². The highest BCUT2D eigenvalue weighted by atomic mass is 32.1. The Morgan fingerprint density at radius 3 is 2.68 bits per heavy atom. The molecule has 2 heterocycles. The molecule has 1 aromatic heterocycles. The number of likely N-dealkylation sites (tertiary alicyclic amines) is 1. The molecule has 1 aliphatic rings. The van der Waals surface area contributed by atoms with Crippen LogP contribution in [0.3, 0.4) is 0 Å². The third-order valence-corrected chi connectivity index (χ3v) is 5.43. The maximum Gasteiger partial charge on any atom is 0.270 e. The van der Waals surface area contributed by atoms with Crippen molar-refractivity contribution in [2.75, 3.05) is 26.7 Å². The van der Waals surface area contributed by atoms with E-state index in [1.54, 1.807) is 7.11 Å². The number of benzene rings is 1. The number of nitrogens with zero attached hydrogens (tertiary/aromatic N) is 2. The quantitative estimate of drug-likeness (QED) is 0.859. The molecule has 6 heteroatoms. The van der Waals surface area contributed by atoms with Crippen molar-refractivity contribution in [3.8, 4) is 16.3 Å². The molecule has 1 N–H and O–H groups in total. The van der Waals surface area contributed by atoms with Crippen molar-refractivity contribution in [3.05, 3.63) is 35.3 Å². The molecule has 0 aliphatic carbocycles. The Bertz CT molecular complexity index is 691. The molecule has 1 saturated heterocycles. The molecule has 25 heavy (non-hydrogen) atoms. The smallest absolute Gasteiger partial charge is 0.270 e. The first-order valence-electron chi connectivity index (χ1n) is 8.82. The van der Waals surface area contributed by atoms with Crippen LogP contribution in [0.1, 0.15) is 36.7 Å². The molecule has 1 aromatic carbocycles. The lowest BCUT2D eigenvalue weighted by atomic mass is 10.0. The van der Waals surface area contributed by atoms with E-state index in [2.05, 4.69) is 22.1 Å². The normalized spacial score (nSPS) is 15.9. The summed E-state index contributed by atoms with van der Waals surface area (Å²) in [7, 11) is 1.65. The second-order valence-electron chi connectivity index (χ2n) is 6.36. The van der Waals surface area contributed by atoms with Gasteiger partial charge in [0.25, 0.3) is 5.91 Å². The van der Waals surface area contributed by atoms with Gasteiger partial charge in [0, 0.05) is 30.1 Å². The van der Waals surface area contributed by atoms with Crippen LogP contribution in [0.25, 0.3) is 10.6 Å². The molecule has 134 valence electrons. The molecule has 3 rings (SSSR count). The molecule has 1 fully saturated rings. The fourth-order valence-corrected chi connectivity index (χ4v) is 3.93. The van der Waals surface area contributed by atoms with Gasteiger partial charge >= 0.3 is 0 Å². The standard InChI is InChI=1S/C19H25N3O2S/c1-3-10-22-11-8-15(9-12-22)20-18(23)17-13-25-19(21-17)14-4-6-16(24-2)7-5-14/h4-7,13,15H,3,8-12H2,1-2H3,(H,20,23). The number of amides is 1. The van der Waals surface area contributed by atoms with Gasteiger partial charge in [-0.25, -0.2) is 4.98 Å². The number of hydrogen-bond donors (Lipinski definition) is 1. The van der Waals surface area contributed by atoms with Crippen molar-refractivity contribution in [1.82, 2.24) is 15.2 Å². The SMILES string of the molecule is CCCN1CCC(NC(=O)c2csc(-c3ccc(OC)cc3)n2)CC1. The summed E-state index contributed by atoms with van der Waals surface area (Å²) in [5, 5.41) is 5.83. The maximum absolute atomic E-state index is 12.5. The number of ether oxygens (including phenoxy) is 1. The van der Waals surface area contributed by atoms with E-state index < -0.39 is 0 Å². The van der Waals surface area contributed by atoms with Crippen LogP contribution in [-0.2, 0) is 0 Å². The van der Waals surface area contributed by atoms with E-state index in [0.717, 1.165) is 48.8 Å². The van der Waals surface area contributed by atoms with E-state index in [1.807, 2.05) is 29.6 Å². The number of carbonyl (C=O) groups excluding carboxylic acids is 1. The zero-order valence-electron chi connectivity index (χ0n) is 14.8. The van der Waals surface area contributed by atoms with Crippen LogP contribution in [0.15, 0.2) is 29.6 Å². The van der Waals surface area contributed by atoms with Gasteiger partial charge in [0.2, 0.25) is 0 Å². The van der Waals surface area contributed by atoms with Gasteiger partial charge in [-0.1, -0.05) is 6.92 Å². The number of rotatable bonds is 6. The van der Waals surface area contributed by atoms with Gasteiger partial charge < -0.3 is 15.0 Å². The molecule has 0 saturated carbocycles. The second kappa shape index (κ2) is 8.45. The Balaban J connectivity index is 1.57. The van der Waals surface area contributed by atoms with E-state index in [9.17, 15) is 4.79 Å². The average molecular weight is 359 g/mol. The fraction of sp³-hybridized carbons (Fsp3) is 0.474. The minimum absolute atomic E-state index is 0.0649. The topological polar surface area (TPSA) is 54.5 Å². The van der Waals surface area contributed by atoms with E-state index in [-0.39, 0.29) is 11.9 Å². The highest BCUT2D eigenvalue weighted by molar-refractivity contribution is 7.13.